The highest BCUT2D eigenvalue weighted by atomic mass is 19.1. The number of fused-ring (bicyclic) bond motifs is 1. The summed E-state index contributed by atoms with van der Waals surface area (Å²) in [5.41, 5.74) is 2.72. The Labute approximate surface area is 116 Å². The lowest BCUT2D eigenvalue weighted by Gasteiger charge is -2.26. The van der Waals surface area contributed by atoms with E-state index in [4.69, 9.17) is 4.74 Å². The second kappa shape index (κ2) is 4.96. The van der Waals surface area contributed by atoms with Gasteiger partial charge in [0.25, 0.3) is 0 Å². The zero-order chi connectivity index (χ0) is 14.1. The number of halogens is 1. The molecule has 0 aliphatic carbocycles. The van der Waals surface area contributed by atoms with Gasteiger partial charge >= 0.3 is 0 Å². The molecule has 0 spiro atoms. The van der Waals surface area contributed by atoms with Crippen molar-refractivity contribution in [1.82, 2.24) is 0 Å². The van der Waals surface area contributed by atoms with Crippen molar-refractivity contribution in [1.29, 1.82) is 0 Å². The normalized spacial score (nSPS) is 17.3. The summed E-state index contributed by atoms with van der Waals surface area (Å²) in [7, 11) is 1.59. The molecule has 0 saturated carbocycles. The highest BCUT2D eigenvalue weighted by Gasteiger charge is 2.26. The predicted molar refractivity (Wildman–Crippen MR) is 74.5 cm³/mol. The van der Waals surface area contributed by atoms with Crippen LogP contribution in [0.25, 0.3) is 0 Å². The van der Waals surface area contributed by atoms with Crippen LogP contribution in [-0.2, 0) is 4.79 Å². The van der Waals surface area contributed by atoms with Gasteiger partial charge in [-0.2, -0.15) is 0 Å². The molecule has 1 atom stereocenters. The Kier molecular flexibility index (Phi) is 3.14. The Hall–Kier alpha value is -2.36. The van der Waals surface area contributed by atoms with Crippen LogP contribution in [0.1, 0.15) is 23.5 Å². The van der Waals surface area contributed by atoms with Crippen molar-refractivity contribution in [2.75, 3.05) is 12.4 Å². The van der Waals surface area contributed by atoms with E-state index in [0.717, 1.165) is 16.8 Å². The highest BCUT2D eigenvalue weighted by Crippen LogP contribution is 2.38. The first-order chi connectivity index (χ1) is 9.67. The molecule has 3 rings (SSSR count). The fourth-order valence-corrected chi connectivity index (χ4v) is 2.56. The van der Waals surface area contributed by atoms with Crippen molar-refractivity contribution in [3.05, 3.63) is 59.4 Å². The molecule has 20 heavy (non-hydrogen) atoms. The molecule has 2 aromatic carbocycles. The molecule has 2 aromatic rings. The Morgan fingerprint density at radius 1 is 1.20 bits per heavy atom. The van der Waals surface area contributed by atoms with Crippen LogP contribution in [-0.4, -0.2) is 13.0 Å². The first-order valence-electron chi connectivity index (χ1n) is 6.40. The Bertz CT molecular complexity index is 652. The maximum absolute atomic E-state index is 13.0. The standard InChI is InChI=1S/C16H14FNO2/c1-20-12-6-7-13-14(9-16(19)18-15(13)8-12)10-2-4-11(17)5-3-10/h2-8,14H,9H2,1H3,(H,18,19). The van der Waals surface area contributed by atoms with Crippen LogP contribution < -0.4 is 10.1 Å². The molecular weight excluding hydrogens is 257 g/mol. The summed E-state index contributed by atoms with van der Waals surface area (Å²) in [6.07, 6.45) is 0.366. The van der Waals surface area contributed by atoms with E-state index in [1.54, 1.807) is 19.2 Å². The molecule has 1 unspecified atom stereocenters. The quantitative estimate of drug-likeness (QED) is 0.910. The molecule has 0 fully saturated rings. The minimum absolute atomic E-state index is 0.0416. The smallest absolute Gasteiger partial charge is 0.225 e. The van der Waals surface area contributed by atoms with Gasteiger partial charge in [0.1, 0.15) is 11.6 Å². The van der Waals surface area contributed by atoms with Crippen molar-refractivity contribution >= 4 is 11.6 Å². The molecule has 102 valence electrons. The SMILES string of the molecule is COc1ccc2c(c1)NC(=O)CC2c1ccc(F)cc1. The van der Waals surface area contributed by atoms with Crippen molar-refractivity contribution in [2.24, 2.45) is 0 Å². The lowest BCUT2D eigenvalue weighted by atomic mass is 9.85. The van der Waals surface area contributed by atoms with Gasteiger partial charge < -0.3 is 10.1 Å². The van der Waals surface area contributed by atoms with Crippen molar-refractivity contribution in [3.8, 4) is 5.75 Å². The lowest BCUT2D eigenvalue weighted by Crippen LogP contribution is -2.23. The summed E-state index contributed by atoms with van der Waals surface area (Å²) >= 11 is 0. The van der Waals surface area contributed by atoms with Crippen molar-refractivity contribution in [3.63, 3.8) is 0 Å². The number of ether oxygens (including phenoxy) is 1. The number of carbonyl (C=O) groups excluding carboxylic acids is 1. The molecule has 1 aliphatic heterocycles. The molecule has 3 nitrogen and oxygen atoms in total. The highest BCUT2D eigenvalue weighted by molar-refractivity contribution is 5.95. The van der Waals surface area contributed by atoms with Gasteiger partial charge in [-0.15, -0.1) is 0 Å². The maximum atomic E-state index is 13.0. The van der Waals surface area contributed by atoms with Gasteiger partial charge in [-0.05, 0) is 29.3 Å². The number of benzene rings is 2. The topological polar surface area (TPSA) is 38.3 Å². The van der Waals surface area contributed by atoms with Crippen LogP contribution in [0.2, 0.25) is 0 Å². The van der Waals surface area contributed by atoms with E-state index in [2.05, 4.69) is 5.32 Å². The molecule has 1 amide bonds. The third-order valence-electron chi connectivity index (χ3n) is 3.57. The van der Waals surface area contributed by atoms with Gasteiger partial charge in [-0.1, -0.05) is 18.2 Å². The van der Waals surface area contributed by atoms with E-state index >= 15 is 0 Å². The fourth-order valence-electron chi connectivity index (χ4n) is 2.56. The second-order valence-corrected chi connectivity index (χ2v) is 4.81. The van der Waals surface area contributed by atoms with E-state index in [-0.39, 0.29) is 17.6 Å². The molecule has 1 aliphatic rings. The van der Waals surface area contributed by atoms with Crippen LogP contribution in [0.4, 0.5) is 10.1 Å². The van der Waals surface area contributed by atoms with Crippen LogP contribution in [0.15, 0.2) is 42.5 Å². The number of anilines is 1. The number of methoxy groups -OCH3 is 1. The van der Waals surface area contributed by atoms with E-state index < -0.39 is 0 Å². The van der Waals surface area contributed by atoms with Crippen molar-refractivity contribution in [2.45, 2.75) is 12.3 Å². The van der Waals surface area contributed by atoms with E-state index in [9.17, 15) is 9.18 Å². The van der Waals surface area contributed by atoms with E-state index in [1.807, 2.05) is 18.2 Å². The minimum atomic E-state index is -0.274. The summed E-state index contributed by atoms with van der Waals surface area (Å²) in [4.78, 5) is 11.9. The number of rotatable bonds is 2. The van der Waals surface area contributed by atoms with Gasteiger partial charge in [-0.3, -0.25) is 4.79 Å². The first kappa shape index (κ1) is 12.7. The van der Waals surface area contributed by atoms with Gasteiger partial charge in [0.2, 0.25) is 5.91 Å². The maximum Gasteiger partial charge on any atom is 0.225 e. The molecule has 0 aromatic heterocycles. The molecule has 0 radical (unpaired) electrons. The number of nitrogens with one attached hydrogen (secondary N) is 1. The number of carbonyl (C=O) groups is 1. The van der Waals surface area contributed by atoms with Gasteiger partial charge in [0.05, 0.1) is 7.11 Å². The number of hydrogen-bond acceptors (Lipinski definition) is 2. The van der Waals surface area contributed by atoms with E-state index in [0.29, 0.717) is 12.2 Å². The molecule has 1 N–H and O–H groups in total. The summed E-state index contributed by atoms with van der Waals surface area (Å²) in [5, 5.41) is 2.85. The van der Waals surface area contributed by atoms with Crippen molar-refractivity contribution < 1.29 is 13.9 Å². The average molecular weight is 271 g/mol. The zero-order valence-corrected chi connectivity index (χ0v) is 11.0. The van der Waals surface area contributed by atoms with E-state index in [1.165, 1.54) is 12.1 Å². The minimum Gasteiger partial charge on any atom is -0.497 e. The summed E-state index contributed by atoms with van der Waals surface area (Å²) in [6, 6.07) is 11.9. The van der Waals surface area contributed by atoms with Gasteiger partial charge in [0, 0.05) is 24.1 Å². The van der Waals surface area contributed by atoms with Crippen LogP contribution >= 0.6 is 0 Å². The molecule has 4 heteroatoms. The second-order valence-electron chi connectivity index (χ2n) is 4.81. The predicted octanol–water partition coefficient (Wildman–Crippen LogP) is 3.31. The molecule has 1 heterocycles. The average Bonchev–Trinajstić information content (AvgIpc) is 2.46. The molecular formula is C16H14FNO2. The van der Waals surface area contributed by atoms with Gasteiger partial charge in [-0.25, -0.2) is 4.39 Å². The lowest BCUT2D eigenvalue weighted by molar-refractivity contribution is -0.116. The summed E-state index contributed by atoms with van der Waals surface area (Å²) in [6.45, 7) is 0. The Balaban J connectivity index is 2.05. The summed E-state index contributed by atoms with van der Waals surface area (Å²) < 4.78 is 18.2. The number of hydrogen-bond donors (Lipinski definition) is 1. The fraction of sp³-hybridized carbons (Fsp3) is 0.188. The zero-order valence-electron chi connectivity index (χ0n) is 11.0. The summed E-state index contributed by atoms with van der Waals surface area (Å²) in [5.74, 6) is 0.332. The number of amides is 1. The van der Waals surface area contributed by atoms with Gasteiger partial charge in [0.15, 0.2) is 0 Å². The monoisotopic (exact) mass is 271 g/mol. The third kappa shape index (κ3) is 2.25. The largest absolute Gasteiger partial charge is 0.497 e. The Morgan fingerprint density at radius 3 is 2.65 bits per heavy atom. The third-order valence-corrected chi connectivity index (χ3v) is 3.57. The van der Waals surface area contributed by atoms with Crippen LogP contribution in [0, 0.1) is 5.82 Å². The van der Waals surface area contributed by atoms with Crippen LogP contribution in [0.3, 0.4) is 0 Å². The van der Waals surface area contributed by atoms with Crippen LogP contribution in [0.5, 0.6) is 5.75 Å². The Morgan fingerprint density at radius 2 is 1.95 bits per heavy atom. The molecule has 0 bridgehead atoms. The molecule has 0 saturated heterocycles. The first-order valence-corrected chi connectivity index (χ1v) is 6.40.